The van der Waals surface area contributed by atoms with Crippen molar-refractivity contribution in [3.8, 4) is 0 Å². The lowest BCUT2D eigenvalue weighted by Gasteiger charge is -2.12. The summed E-state index contributed by atoms with van der Waals surface area (Å²) in [6.07, 6.45) is 0. The van der Waals surface area contributed by atoms with Crippen LogP contribution in [0.2, 0.25) is 0 Å². The topological polar surface area (TPSA) is 9.23 Å². The van der Waals surface area contributed by atoms with Crippen LogP contribution >= 0.6 is 0 Å². The molecule has 0 unspecified atom stereocenters. The van der Waals surface area contributed by atoms with Gasteiger partial charge in [-0.15, -0.1) is 0 Å². The lowest BCUT2D eigenvalue weighted by Crippen LogP contribution is -2.04. The normalized spacial score (nSPS) is 11.1. The van der Waals surface area contributed by atoms with Crippen molar-refractivity contribution in [2.45, 2.75) is 41.2 Å². The number of aryl methyl sites for hydroxylation is 3. The van der Waals surface area contributed by atoms with Crippen LogP contribution in [0.25, 0.3) is 0 Å². The van der Waals surface area contributed by atoms with E-state index in [9.17, 15) is 0 Å². The van der Waals surface area contributed by atoms with Crippen molar-refractivity contribution in [2.75, 3.05) is 6.61 Å². The molecule has 0 bridgehead atoms. The molecule has 0 saturated heterocycles. The molecule has 0 amide bonds. The Morgan fingerprint density at radius 1 is 1.07 bits per heavy atom. The van der Waals surface area contributed by atoms with Crippen molar-refractivity contribution in [1.29, 1.82) is 0 Å². The Balaban J connectivity index is 2.68. The Morgan fingerprint density at radius 3 is 2.07 bits per heavy atom. The molecule has 84 valence electrons. The molecule has 1 nitrogen and oxygen atoms in total. The molecule has 0 radical (unpaired) electrons. The number of hydrogen-bond acceptors (Lipinski definition) is 1. The van der Waals surface area contributed by atoms with Crippen LogP contribution in [0.3, 0.4) is 0 Å². The third kappa shape index (κ3) is 3.67. The van der Waals surface area contributed by atoms with Gasteiger partial charge in [0.05, 0.1) is 6.61 Å². The molecule has 0 atom stereocenters. The van der Waals surface area contributed by atoms with E-state index in [0.717, 1.165) is 13.2 Å². The molecule has 0 fully saturated rings. The van der Waals surface area contributed by atoms with Crippen molar-refractivity contribution >= 4 is 0 Å². The van der Waals surface area contributed by atoms with E-state index in [2.05, 4.69) is 46.8 Å². The summed E-state index contributed by atoms with van der Waals surface area (Å²) in [7, 11) is 0. The van der Waals surface area contributed by atoms with E-state index in [-0.39, 0.29) is 0 Å². The van der Waals surface area contributed by atoms with Gasteiger partial charge < -0.3 is 4.74 Å². The quantitative estimate of drug-likeness (QED) is 0.728. The highest BCUT2D eigenvalue weighted by Gasteiger charge is 2.04. The lowest BCUT2D eigenvalue weighted by molar-refractivity contribution is 0.0964. The molecule has 0 aliphatic rings. The van der Waals surface area contributed by atoms with E-state index in [4.69, 9.17) is 4.74 Å². The van der Waals surface area contributed by atoms with Crippen molar-refractivity contribution in [3.63, 3.8) is 0 Å². The summed E-state index contributed by atoms with van der Waals surface area (Å²) in [5.74, 6) is 0.607. The zero-order valence-electron chi connectivity index (χ0n) is 10.6. The fourth-order valence-corrected chi connectivity index (χ4v) is 1.83. The van der Waals surface area contributed by atoms with E-state index in [0.29, 0.717) is 5.92 Å². The fraction of sp³-hybridized carbons (Fsp3) is 0.571. The Hall–Kier alpha value is -0.820. The maximum atomic E-state index is 5.68. The highest BCUT2D eigenvalue weighted by atomic mass is 16.5. The van der Waals surface area contributed by atoms with Crippen LogP contribution in [-0.4, -0.2) is 6.61 Å². The second-order valence-corrected chi connectivity index (χ2v) is 4.79. The van der Waals surface area contributed by atoms with Crippen LogP contribution in [0.15, 0.2) is 12.1 Å². The maximum Gasteiger partial charge on any atom is 0.0722 e. The third-order valence-electron chi connectivity index (χ3n) is 2.54. The van der Waals surface area contributed by atoms with E-state index in [1.165, 1.54) is 22.3 Å². The smallest absolute Gasteiger partial charge is 0.0722 e. The number of rotatable bonds is 4. The van der Waals surface area contributed by atoms with Gasteiger partial charge in [-0.3, -0.25) is 0 Å². The van der Waals surface area contributed by atoms with Crippen molar-refractivity contribution in [3.05, 3.63) is 34.4 Å². The van der Waals surface area contributed by atoms with E-state index < -0.39 is 0 Å². The van der Waals surface area contributed by atoms with Crippen LogP contribution in [0.1, 0.15) is 36.1 Å². The van der Waals surface area contributed by atoms with Crippen LogP contribution in [0.4, 0.5) is 0 Å². The first-order valence-electron chi connectivity index (χ1n) is 5.65. The average Bonchev–Trinajstić information content (AvgIpc) is 2.08. The highest BCUT2D eigenvalue weighted by molar-refractivity contribution is 5.36. The summed E-state index contributed by atoms with van der Waals surface area (Å²) in [4.78, 5) is 0. The van der Waals surface area contributed by atoms with Gasteiger partial charge in [0, 0.05) is 6.61 Å². The highest BCUT2D eigenvalue weighted by Crippen LogP contribution is 2.17. The summed E-state index contributed by atoms with van der Waals surface area (Å²) < 4.78 is 5.68. The summed E-state index contributed by atoms with van der Waals surface area (Å²) >= 11 is 0. The van der Waals surface area contributed by atoms with Gasteiger partial charge in [0.25, 0.3) is 0 Å². The van der Waals surface area contributed by atoms with Gasteiger partial charge in [-0.25, -0.2) is 0 Å². The lowest BCUT2D eigenvalue weighted by atomic mass is 10.0. The van der Waals surface area contributed by atoms with Crippen LogP contribution < -0.4 is 0 Å². The Kier molecular flexibility index (Phi) is 4.34. The first-order valence-corrected chi connectivity index (χ1v) is 5.65. The Bertz CT molecular complexity index is 303. The monoisotopic (exact) mass is 206 g/mol. The molecular formula is C14H22O. The number of ether oxygens (including phenoxy) is 1. The van der Waals surface area contributed by atoms with Crippen molar-refractivity contribution in [1.82, 2.24) is 0 Å². The first-order chi connectivity index (χ1) is 7.00. The molecule has 1 rings (SSSR count). The molecule has 1 heteroatoms. The van der Waals surface area contributed by atoms with Gasteiger partial charge in [0.2, 0.25) is 0 Å². The molecule has 0 spiro atoms. The molecule has 0 aromatic heterocycles. The molecule has 1 aromatic rings. The zero-order valence-corrected chi connectivity index (χ0v) is 10.6. The summed E-state index contributed by atoms with van der Waals surface area (Å²) in [5, 5.41) is 0. The Morgan fingerprint density at radius 2 is 1.60 bits per heavy atom. The molecule has 0 heterocycles. The Labute approximate surface area is 93.5 Å². The summed E-state index contributed by atoms with van der Waals surface area (Å²) in [5.41, 5.74) is 5.37. The minimum atomic E-state index is 0.607. The zero-order chi connectivity index (χ0) is 11.4. The van der Waals surface area contributed by atoms with Crippen LogP contribution in [0.5, 0.6) is 0 Å². The largest absolute Gasteiger partial charge is 0.376 e. The molecular weight excluding hydrogens is 184 g/mol. The molecule has 0 aliphatic carbocycles. The predicted octanol–water partition coefficient (Wildman–Crippen LogP) is 3.78. The van der Waals surface area contributed by atoms with Gasteiger partial charge in [0.15, 0.2) is 0 Å². The second-order valence-electron chi connectivity index (χ2n) is 4.79. The fourth-order valence-electron chi connectivity index (χ4n) is 1.83. The van der Waals surface area contributed by atoms with Gasteiger partial charge in [-0.05, 0) is 43.4 Å². The standard InChI is InChI=1S/C14H22O/c1-10(2)8-15-9-14-12(4)6-11(3)7-13(14)5/h6-7,10H,8-9H2,1-5H3. The number of hydrogen-bond donors (Lipinski definition) is 0. The van der Waals surface area contributed by atoms with E-state index >= 15 is 0 Å². The van der Waals surface area contributed by atoms with E-state index in [1.807, 2.05) is 0 Å². The average molecular weight is 206 g/mol. The second kappa shape index (κ2) is 5.32. The predicted molar refractivity (Wildman–Crippen MR) is 65.1 cm³/mol. The first kappa shape index (κ1) is 12.3. The molecule has 0 N–H and O–H groups in total. The maximum absolute atomic E-state index is 5.68. The summed E-state index contributed by atoms with van der Waals surface area (Å²) in [6.45, 7) is 12.4. The third-order valence-corrected chi connectivity index (χ3v) is 2.54. The SMILES string of the molecule is Cc1cc(C)c(COCC(C)C)c(C)c1. The van der Waals surface area contributed by atoms with Gasteiger partial charge in [-0.1, -0.05) is 31.5 Å². The number of benzene rings is 1. The van der Waals surface area contributed by atoms with Gasteiger partial charge in [-0.2, -0.15) is 0 Å². The van der Waals surface area contributed by atoms with Gasteiger partial charge >= 0.3 is 0 Å². The van der Waals surface area contributed by atoms with Crippen molar-refractivity contribution < 1.29 is 4.74 Å². The minimum absolute atomic E-state index is 0.607. The van der Waals surface area contributed by atoms with Crippen LogP contribution in [0, 0.1) is 26.7 Å². The van der Waals surface area contributed by atoms with Crippen LogP contribution in [-0.2, 0) is 11.3 Å². The molecule has 0 aliphatic heterocycles. The molecule has 1 aromatic carbocycles. The minimum Gasteiger partial charge on any atom is -0.376 e. The van der Waals surface area contributed by atoms with E-state index in [1.54, 1.807) is 0 Å². The van der Waals surface area contributed by atoms with Crippen molar-refractivity contribution in [2.24, 2.45) is 5.92 Å². The molecule has 0 saturated carbocycles. The summed E-state index contributed by atoms with van der Waals surface area (Å²) in [6, 6.07) is 4.45. The molecule has 15 heavy (non-hydrogen) atoms. The van der Waals surface area contributed by atoms with Gasteiger partial charge in [0.1, 0.15) is 0 Å².